The highest BCUT2D eigenvalue weighted by Crippen LogP contribution is 2.09. The molecule has 1 heterocycles. The predicted molar refractivity (Wildman–Crippen MR) is 74.9 cm³/mol. The van der Waals surface area contributed by atoms with Gasteiger partial charge in [-0.05, 0) is 25.5 Å². The number of hydrogen-bond donors (Lipinski definition) is 1. The molecule has 1 atom stereocenters. The predicted octanol–water partition coefficient (Wildman–Crippen LogP) is 3.82. The maximum absolute atomic E-state index is 11.9. The van der Waals surface area contributed by atoms with Crippen molar-refractivity contribution >= 4 is 17.5 Å². The highest BCUT2D eigenvalue weighted by atomic mass is 35.5. The highest BCUT2D eigenvalue weighted by molar-refractivity contribution is 6.30. The van der Waals surface area contributed by atoms with E-state index in [0.717, 1.165) is 12.8 Å². The molecule has 1 aromatic heterocycles. The van der Waals surface area contributed by atoms with Crippen LogP contribution in [0.2, 0.25) is 5.02 Å². The van der Waals surface area contributed by atoms with Gasteiger partial charge in [0.25, 0.3) is 5.91 Å². The second-order valence-corrected chi connectivity index (χ2v) is 5.02. The van der Waals surface area contributed by atoms with Gasteiger partial charge in [0.2, 0.25) is 0 Å². The van der Waals surface area contributed by atoms with Crippen molar-refractivity contribution in [1.29, 1.82) is 0 Å². The van der Waals surface area contributed by atoms with Gasteiger partial charge in [-0.1, -0.05) is 44.2 Å². The van der Waals surface area contributed by atoms with Gasteiger partial charge in [0, 0.05) is 17.3 Å². The van der Waals surface area contributed by atoms with Crippen molar-refractivity contribution in [3.63, 3.8) is 0 Å². The monoisotopic (exact) mass is 268 g/mol. The molecule has 3 nitrogen and oxygen atoms in total. The number of hydrogen-bond acceptors (Lipinski definition) is 2. The normalized spacial score (nSPS) is 12.2. The van der Waals surface area contributed by atoms with Gasteiger partial charge in [-0.25, -0.2) is 0 Å². The molecule has 1 N–H and O–H groups in total. The van der Waals surface area contributed by atoms with E-state index in [1.165, 1.54) is 19.3 Å². The molecule has 1 unspecified atom stereocenters. The molecule has 0 fully saturated rings. The molecule has 1 rings (SSSR count). The summed E-state index contributed by atoms with van der Waals surface area (Å²) < 4.78 is 0. The van der Waals surface area contributed by atoms with Crippen LogP contribution in [0.4, 0.5) is 0 Å². The Morgan fingerprint density at radius 3 is 2.89 bits per heavy atom. The molecule has 4 heteroatoms. The first kappa shape index (κ1) is 15.0. The SMILES string of the molecule is CCCCCCC(C)NC(=O)c1cc(Cl)ccn1. The third-order valence-electron chi connectivity index (χ3n) is 2.82. The third kappa shape index (κ3) is 5.50. The summed E-state index contributed by atoms with van der Waals surface area (Å²) in [5, 5.41) is 3.47. The maximum atomic E-state index is 11.9. The van der Waals surface area contributed by atoms with Crippen molar-refractivity contribution in [3.05, 3.63) is 29.0 Å². The van der Waals surface area contributed by atoms with Gasteiger partial charge in [-0.3, -0.25) is 9.78 Å². The number of rotatable bonds is 7. The second-order valence-electron chi connectivity index (χ2n) is 4.58. The molecular formula is C14H21ClN2O. The van der Waals surface area contributed by atoms with Gasteiger partial charge < -0.3 is 5.32 Å². The minimum Gasteiger partial charge on any atom is -0.348 e. The van der Waals surface area contributed by atoms with E-state index in [9.17, 15) is 4.79 Å². The average Bonchev–Trinajstić information content (AvgIpc) is 2.34. The van der Waals surface area contributed by atoms with Crippen LogP contribution in [-0.4, -0.2) is 16.9 Å². The van der Waals surface area contributed by atoms with Crippen LogP contribution in [0.1, 0.15) is 56.4 Å². The topological polar surface area (TPSA) is 42.0 Å². The zero-order valence-electron chi connectivity index (χ0n) is 11.1. The van der Waals surface area contributed by atoms with Gasteiger partial charge in [-0.2, -0.15) is 0 Å². The molecule has 1 amide bonds. The Labute approximate surface area is 114 Å². The Kier molecular flexibility index (Phi) is 6.73. The van der Waals surface area contributed by atoms with Crippen LogP contribution in [0.3, 0.4) is 0 Å². The van der Waals surface area contributed by atoms with E-state index in [4.69, 9.17) is 11.6 Å². The summed E-state index contributed by atoms with van der Waals surface area (Å²) in [7, 11) is 0. The largest absolute Gasteiger partial charge is 0.348 e. The van der Waals surface area contributed by atoms with Crippen molar-refractivity contribution in [1.82, 2.24) is 10.3 Å². The van der Waals surface area contributed by atoms with Crippen LogP contribution in [-0.2, 0) is 0 Å². The molecule has 1 aromatic rings. The number of amides is 1. The quantitative estimate of drug-likeness (QED) is 0.764. The van der Waals surface area contributed by atoms with Crippen LogP contribution < -0.4 is 5.32 Å². The number of unbranched alkanes of at least 4 members (excludes halogenated alkanes) is 3. The summed E-state index contributed by atoms with van der Waals surface area (Å²) in [6.07, 6.45) is 7.42. The van der Waals surface area contributed by atoms with Crippen molar-refractivity contribution < 1.29 is 4.79 Å². The zero-order valence-corrected chi connectivity index (χ0v) is 11.8. The Bertz CT molecular complexity index is 382. The van der Waals surface area contributed by atoms with E-state index in [0.29, 0.717) is 10.7 Å². The molecule has 0 aliphatic heterocycles. The Hall–Kier alpha value is -1.09. The molecule has 0 aromatic carbocycles. The first-order chi connectivity index (χ1) is 8.63. The molecule has 0 saturated heterocycles. The van der Waals surface area contributed by atoms with Crippen molar-refractivity contribution in [2.75, 3.05) is 0 Å². The molecule has 0 bridgehead atoms. The second kappa shape index (κ2) is 8.09. The molecule has 0 radical (unpaired) electrons. The van der Waals surface area contributed by atoms with Crippen LogP contribution in [0.5, 0.6) is 0 Å². The van der Waals surface area contributed by atoms with Crippen molar-refractivity contribution in [3.8, 4) is 0 Å². The fourth-order valence-corrected chi connectivity index (χ4v) is 1.94. The Balaban J connectivity index is 2.35. The summed E-state index contributed by atoms with van der Waals surface area (Å²) in [5.41, 5.74) is 0.378. The van der Waals surface area contributed by atoms with Crippen LogP contribution in [0, 0.1) is 0 Å². The molecule has 0 saturated carbocycles. The van der Waals surface area contributed by atoms with Gasteiger partial charge in [0.15, 0.2) is 0 Å². The van der Waals surface area contributed by atoms with Gasteiger partial charge in [0.1, 0.15) is 5.69 Å². The Morgan fingerprint density at radius 2 is 2.22 bits per heavy atom. The Morgan fingerprint density at radius 1 is 1.44 bits per heavy atom. The zero-order chi connectivity index (χ0) is 13.4. The molecule has 0 aliphatic rings. The average molecular weight is 269 g/mol. The summed E-state index contributed by atoms with van der Waals surface area (Å²) in [5.74, 6) is -0.152. The van der Waals surface area contributed by atoms with E-state index in [-0.39, 0.29) is 11.9 Å². The lowest BCUT2D eigenvalue weighted by atomic mass is 10.1. The summed E-state index contributed by atoms with van der Waals surface area (Å²) in [6, 6.07) is 3.42. The lowest BCUT2D eigenvalue weighted by Gasteiger charge is -2.13. The van der Waals surface area contributed by atoms with E-state index in [1.54, 1.807) is 18.3 Å². The standard InChI is InChI=1S/C14H21ClN2O/c1-3-4-5-6-7-11(2)17-14(18)13-10-12(15)8-9-16-13/h8-11H,3-7H2,1-2H3,(H,17,18). The van der Waals surface area contributed by atoms with Crippen molar-refractivity contribution in [2.24, 2.45) is 0 Å². The smallest absolute Gasteiger partial charge is 0.270 e. The number of aromatic nitrogens is 1. The number of nitrogens with zero attached hydrogens (tertiary/aromatic N) is 1. The first-order valence-corrected chi connectivity index (χ1v) is 6.93. The van der Waals surface area contributed by atoms with E-state index < -0.39 is 0 Å². The van der Waals surface area contributed by atoms with Crippen LogP contribution in [0.25, 0.3) is 0 Å². The molecule has 18 heavy (non-hydrogen) atoms. The lowest BCUT2D eigenvalue weighted by Crippen LogP contribution is -2.33. The maximum Gasteiger partial charge on any atom is 0.270 e. The minimum absolute atomic E-state index is 0.152. The lowest BCUT2D eigenvalue weighted by molar-refractivity contribution is 0.0933. The highest BCUT2D eigenvalue weighted by Gasteiger charge is 2.10. The fourth-order valence-electron chi connectivity index (χ4n) is 1.78. The van der Waals surface area contributed by atoms with E-state index in [1.807, 2.05) is 6.92 Å². The minimum atomic E-state index is -0.152. The number of carbonyl (C=O) groups is 1. The van der Waals surface area contributed by atoms with Gasteiger partial charge in [0.05, 0.1) is 0 Å². The number of pyridine rings is 1. The van der Waals surface area contributed by atoms with Gasteiger partial charge >= 0.3 is 0 Å². The number of nitrogens with one attached hydrogen (secondary N) is 1. The van der Waals surface area contributed by atoms with E-state index in [2.05, 4.69) is 17.2 Å². The molecule has 0 aliphatic carbocycles. The molecule has 0 spiro atoms. The van der Waals surface area contributed by atoms with E-state index >= 15 is 0 Å². The van der Waals surface area contributed by atoms with Crippen LogP contribution in [0.15, 0.2) is 18.3 Å². The fraction of sp³-hybridized carbons (Fsp3) is 0.571. The number of carbonyl (C=O) groups excluding carboxylic acids is 1. The number of halogens is 1. The van der Waals surface area contributed by atoms with Gasteiger partial charge in [-0.15, -0.1) is 0 Å². The summed E-state index contributed by atoms with van der Waals surface area (Å²) in [6.45, 7) is 4.21. The van der Waals surface area contributed by atoms with Crippen molar-refractivity contribution in [2.45, 2.75) is 52.0 Å². The third-order valence-corrected chi connectivity index (χ3v) is 3.06. The molecular weight excluding hydrogens is 248 g/mol. The molecule has 100 valence electrons. The first-order valence-electron chi connectivity index (χ1n) is 6.56. The van der Waals surface area contributed by atoms with Crippen LogP contribution >= 0.6 is 11.6 Å². The summed E-state index contributed by atoms with van der Waals surface area (Å²) >= 11 is 5.82. The summed E-state index contributed by atoms with van der Waals surface area (Å²) in [4.78, 5) is 15.9.